The van der Waals surface area contributed by atoms with E-state index in [4.69, 9.17) is 4.74 Å². The van der Waals surface area contributed by atoms with E-state index in [2.05, 4.69) is 32.7 Å². The van der Waals surface area contributed by atoms with Crippen molar-refractivity contribution < 1.29 is 4.74 Å². The molecule has 1 fully saturated rings. The van der Waals surface area contributed by atoms with Crippen molar-refractivity contribution in [3.63, 3.8) is 0 Å². The van der Waals surface area contributed by atoms with Crippen molar-refractivity contribution in [2.75, 3.05) is 13.2 Å². The van der Waals surface area contributed by atoms with Crippen LogP contribution in [0.1, 0.15) is 46.5 Å². The van der Waals surface area contributed by atoms with Gasteiger partial charge in [0.1, 0.15) is 0 Å². The van der Waals surface area contributed by atoms with Gasteiger partial charge in [-0.2, -0.15) is 0 Å². The van der Waals surface area contributed by atoms with Crippen LogP contribution in [0.3, 0.4) is 0 Å². The molecule has 94 valence electrons. The normalized spacial score (nSPS) is 26.0. The van der Waals surface area contributed by atoms with Crippen molar-refractivity contribution >= 4 is 0 Å². The highest BCUT2D eigenvalue weighted by Crippen LogP contribution is 2.25. The molecule has 1 saturated carbocycles. The van der Waals surface area contributed by atoms with Crippen LogP contribution in [0.5, 0.6) is 0 Å². The Balaban J connectivity index is 2.11. The Morgan fingerprint density at radius 1 is 1.44 bits per heavy atom. The van der Waals surface area contributed by atoms with Gasteiger partial charge in [0.25, 0.3) is 0 Å². The largest absolute Gasteiger partial charge is 0.374 e. The molecule has 0 amide bonds. The summed E-state index contributed by atoms with van der Waals surface area (Å²) in [7, 11) is 0. The van der Waals surface area contributed by atoms with Crippen LogP contribution >= 0.6 is 0 Å². The van der Waals surface area contributed by atoms with Crippen LogP contribution in [-0.4, -0.2) is 25.3 Å². The monoisotopic (exact) mass is 225 g/mol. The van der Waals surface area contributed by atoms with Crippen LogP contribution in [0.25, 0.3) is 0 Å². The lowest BCUT2D eigenvalue weighted by Crippen LogP contribution is -2.27. The highest BCUT2D eigenvalue weighted by atomic mass is 16.5. The molecule has 0 spiro atoms. The fraction of sp³-hybridized carbons (Fsp3) is 0.857. The van der Waals surface area contributed by atoms with Crippen LogP contribution < -0.4 is 5.32 Å². The number of hydrogen-bond donors (Lipinski definition) is 1. The summed E-state index contributed by atoms with van der Waals surface area (Å²) < 4.78 is 5.91. The second kappa shape index (κ2) is 7.08. The minimum atomic E-state index is 0.472. The van der Waals surface area contributed by atoms with E-state index in [0.29, 0.717) is 12.1 Å². The molecule has 2 nitrogen and oxygen atoms in total. The lowest BCUT2D eigenvalue weighted by atomic mass is 9.89. The minimum absolute atomic E-state index is 0.472. The van der Waals surface area contributed by atoms with E-state index in [0.717, 1.165) is 24.6 Å². The minimum Gasteiger partial charge on any atom is -0.374 e. The summed E-state index contributed by atoms with van der Waals surface area (Å²) in [5.41, 5.74) is 1.16. The first-order valence-corrected chi connectivity index (χ1v) is 6.59. The summed E-state index contributed by atoms with van der Waals surface area (Å²) in [4.78, 5) is 0. The highest BCUT2D eigenvalue weighted by Gasteiger charge is 2.19. The molecule has 2 unspecified atom stereocenters. The molecular weight excluding hydrogens is 198 g/mol. The number of ether oxygens (including phenoxy) is 1. The van der Waals surface area contributed by atoms with Crippen LogP contribution in [0, 0.1) is 5.92 Å². The molecule has 16 heavy (non-hydrogen) atoms. The maximum atomic E-state index is 5.91. The molecule has 2 heteroatoms. The zero-order valence-electron chi connectivity index (χ0n) is 11.1. The van der Waals surface area contributed by atoms with E-state index >= 15 is 0 Å². The molecule has 0 heterocycles. The predicted octanol–water partition coefficient (Wildman–Crippen LogP) is 3.14. The molecule has 0 radical (unpaired) electrons. The third-order valence-electron chi connectivity index (χ3n) is 3.17. The zero-order chi connectivity index (χ0) is 12.0. The molecule has 0 aromatic heterocycles. The van der Waals surface area contributed by atoms with E-state index in [9.17, 15) is 0 Å². The van der Waals surface area contributed by atoms with Gasteiger partial charge in [-0.3, -0.25) is 0 Å². The SMILES string of the molecule is C=C(CNC(C)C)COC1CCCC(C)C1. The third-order valence-corrected chi connectivity index (χ3v) is 3.17. The summed E-state index contributed by atoms with van der Waals surface area (Å²) >= 11 is 0. The molecule has 1 rings (SSSR count). The van der Waals surface area contributed by atoms with Gasteiger partial charge in [-0.1, -0.05) is 40.2 Å². The second-order valence-corrected chi connectivity index (χ2v) is 5.49. The first kappa shape index (κ1) is 13.7. The fourth-order valence-corrected chi connectivity index (χ4v) is 2.17. The number of nitrogens with one attached hydrogen (secondary N) is 1. The lowest BCUT2D eigenvalue weighted by molar-refractivity contribution is 0.0280. The third kappa shape index (κ3) is 5.66. The van der Waals surface area contributed by atoms with E-state index in [-0.39, 0.29) is 0 Å². The van der Waals surface area contributed by atoms with Crippen LogP contribution in [0.15, 0.2) is 12.2 Å². The molecule has 0 aromatic carbocycles. The summed E-state index contributed by atoms with van der Waals surface area (Å²) in [6.45, 7) is 12.3. The molecule has 1 N–H and O–H groups in total. The zero-order valence-corrected chi connectivity index (χ0v) is 11.1. The van der Waals surface area contributed by atoms with Crippen molar-refractivity contribution in [2.45, 2.75) is 58.6 Å². The Morgan fingerprint density at radius 2 is 2.19 bits per heavy atom. The summed E-state index contributed by atoms with van der Waals surface area (Å²) in [5.74, 6) is 0.834. The van der Waals surface area contributed by atoms with Crippen molar-refractivity contribution in [1.29, 1.82) is 0 Å². The van der Waals surface area contributed by atoms with Crippen LogP contribution in [-0.2, 0) is 4.74 Å². The molecular formula is C14H27NO. The molecule has 2 atom stereocenters. The maximum absolute atomic E-state index is 5.91. The fourth-order valence-electron chi connectivity index (χ4n) is 2.17. The molecule has 0 saturated heterocycles. The summed E-state index contributed by atoms with van der Waals surface area (Å²) in [5, 5.41) is 3.36. The Bertz CT molecular complexity index is 213. The van der Waals surface area contributed by atoms with Crippen molar-refractivity contribution in [1.82, 2.24) is 5.32 Å². The Kier molecular flexibility index (Phi) is 6.07. The standard InChI is InChI=1S/C14H27NO/c1-11(2)15-9-13(4)10-16-14-7-5-6-12(3)8-14/h11-12,14-15H,4-10H2,1-3H3. The van der Waals surface area contributed by atoms with Crippen LogP contribution in [0.4, 0.5) is 0 Å². The van der Waals surface area contributed by atoms with Gasteiger partial charge in [0.05, 0.1) is 12.7 Å². The first-order chi connectivity index (χ1) is 7.58. The van der Waals surface area contributed by atoms with E-state index < -0.39 is 0 Å². The number of rotatable bonds is 6. The average molecular weight is 225 g/mol. The van der Waals surface area contributed by atoms with Crippen molar-refractivity contribution in [3.05, 3.63) is 12.2 Å². The lowest BCUT2D eigenvalue weighted by Gasteiger charge is -2.27. The topological polar surface area (TPSA) is 21.3 Å². The molecule has 1 aliphatic rings. The molecule has 0 aromatic rings. The Morgan fingerprint density at radius 3 is 2.81 bits per heavy atom. The molecule has 0 aliphatic heterocycles. The Labute approximate surface area is 100 Å². The smallest absolute Gasteiger partial charge is 0.0690 e. The van der Waals surface area contributed by atoms with Gasteiger partial charge < -0.3 is 10.1 Å². The van der Waals surface area contributed by atoms with Gasteiger partial charge in [0.2, 0.25) is 0 Å². The average Bonchev–Trinajstić information content (AvgIpc) is 2.23. The number of hydrogen-bond acceptors (Lipinski definition) is 2. The highest BCUT2D eigenvalue weighted by molar-refractivity contribution is 4.97. The first-order valence-electron chi connectivity index (χ1n) is 6.59. The second-order valence-electron chi connectivity index (χ2n) is 5.49. The Hall–Kier alpha value is -0.340. The van der Waals surface area contributed by atoms with Gasteiger partial charge in [-0.05, 0) is 24.3 Å². The van der Waals surface area contributed by atoms with E-state index in [1.165, 1.54) is 25.7 Å². The van der Waals surface area contributed by atoms with Gasteiger partial charge >= 0.3 is 0 Å². The van der Waals surface area contributed by atoms with Gasteiger partial charge in [0.15, 0.2) is 0 Å². The van der Waals surface area contributed by atoms with Crippen molar-refractivity contribution in [2.24, 2.45) is 5.92 Å². The predicted molar refractivity (Wildman–Crippen MR) is 69.7 cm³/mol. The van der Waals surface area contributed by atoms with Gasteiger partial charge in [0, 0.05) is 12.6 Å². The van der Waals surface area contributed by atoms with E-state index in [1.807, 2.05) is 0 Å². The molecule has 1 aliphatic carbocycles. The quantitative estimate of drug-likeness (QED) is 0.701. The van der Waals surface area contributed by atoms with Crippen LogP contribution in [0.2, 0.25) is 0 Å². The summed E-state index contributed by atoms with van der Waals surface area (Å²) in [6.07, 6.45) is 5.62. The summed E-state index contributed by atoms with van der Waals surface area (Å²) in [6, 6.07) is 0.520. The molecule has 0 bridgehead atoms. The van der Waals surface area contributed by atoms with Gasteiger partial charge in [-0.15, -0.1) is 0 Å². The maximum Gasteiger partial charge on any atom is 0.0690 e. The van der Waals surface area contributed by atoms with E-state index in [1.54, 1.807) is 0 Å². The van der Waals surface area contributed by atoms with Crippen molar-refractivity contribution in [3.8, 4) is 0 Å². The van der Waals surface area contributed by atoms with Gasteiger partial charge in [-0.25, -0.2) is 0 Å².